The zero-order chi connectivity index (χ0) is 16.2. The van der Waals surface area contributed by atoms with Gasteiger partial charge in [-0.05, 0) is 30.2 Å². The molecule has 2 heterocycles. The van der Waals surface area contributed by atoms with E-state index in [1.807, 2.05) is 30.3 Å². The molecule has 1 saturated carbocycles. The molecular weight excluding hydrogens is 316 g/mol. The van der Waals surface area contributed by atoms with E-state index in [9.17, 15) is 18.3 Å². The van der Waals surface area contributed by atoms with Crippen LogP contribution in [0.5, 0.6) is 0 Å². The number of benzene rings is 1. The third-order valence-corrected chi connectivity index (χ3v) is 7.54. The van der Waals surface area contributed by atoms with E-state index in [2.05, 4.69) is 0 Å². The molecule has 124 valence electrons. The average Bonchev–Trinajstić information content (AvgIpc) is 2.74. The summed E-state index contributed by atoms with van der Waals surface area (Å²) < 4.78 is 28.3. The van der Waals surface area contributed by atoms with E-state index in [1.165, 1.54) is 4.31 Å². The van der Waals surface area contributed by atoms with Gasteiger partial charge in [0, 0.05) is 25.6 Å². The van der Waals surface area contributed by atoms with Crippen molar-refractivity contribution in [2.24, 2.45) is 11.8 Å². The highest BCUT2D eigenvalue weighted by Gasteiger charge is 2.54. The molecule has 0 spiro atoms. The van der Waals surface area contributed by atoms with E-state index in [-0.39, 0.29) is 12.5 Å². The summed E-state index contributed by atoms with van der Waals surface area (Å²) in [5.41, 5.74) is 0.882. The Bertz CT molecular complexity index is 709. The molecule has 7 heteroatoms. The van der Waals surface area contributed by atoms with Gasteiger partial charge >= 0.3 is 5.97 Å². The minimum atomic E-state index is -3.68. The molecule has 0 unspecified atom stereocenters. The first-order valence-corrected chi connectivity index (χ1v) is 9.43. The summed E-state index contributed by atoms with van der Waals surface area (Å²) in [6.45, 7) is 1.34. The molecule has 1 aromatic rings. The molecule has 4 atom stereocenters. The molecule has 1 aromatic carbocycles. The number of hydrogen-bond donors (Lipinski definition) is 1. The number of rotatable bonds is 4. The van der Waals surface area contributed by atoms with Gasteiger partial charge < -0.3 is 5.11 Å². The molecule has 23 heavy (non-hydrogen) atoms. The third-order valence-electron chi connectivity index (χ3n) is 5.62. The Kier molecular flexibility index (Phi) is 3.48. The van der Waals surface area contributed by atoms with Crippen molar-refractivity contribution >= 4 is 16.2 Å². The quantitative estimate of drug-likeness (QED) is 0.894. The molecule has 1 N–H and O–H groups in total. The van der Waals surface area contributed by atoms with Gasteiger partial charge in [0.05, 0.1) is 0 Å². The molecule has 0 bridgehead atoms. The van der Waals surface area contributed by atoms with Crippen LogP contribution in [-0.4, -0.2) is 53.8 Å². The van der Waals surface area contributed by atoms with Crippen molar-refractivity contribution in [3.63, 3.8) is 0 Å². The van der Waals surface area contributed by atoms with Crippen molar-refractivity contribution in [1.29, 1.82) is 0 Å². The van der Waals surface area contributed by atoms with Crippen LogP contribution in [0.2, 0.25) is 0 Å². The summed E-state index contributed by atoms with van der Waals surface area (Å²) in [6, 6.07) is 8.29. The molecule has 0 aromatic heterocycles. The monoisotopic (exact) mass is 336 g/mol. The zero-order valence-corrected chi connectivity index (χ0v) is 13.5. The molecule has 0 radical (unpaired) electrons. The van der Waals surface area contributed by atoms with Crippen molar-refractivity contribution in [3.8, 4) is 0 Å². The molecule has 3 aliphatic rings. The minimum Gasteiger partial charge on any atom is -0.480 e. The number of hydrogen-bond acceptors (Lipinski definition) is 3. The molecule has 2 saturated heterocycles. The number of fused-ring (bicyclic) bond motifs is 1. The van der Waals surface area contributed by atoms with Crippen LogP contribution in [-0.2, 0) is 15.0 Å². The lowest BCUT2D eigenvalue weighted by Crippen LogP contribution is -2.63. The molecule has 1 aliphatic carbocycles. The highest BCUT2D eigenvalue weighted by atomic mass is 32.2. The maximum atomic E-state index is 12.8. The van der Waals surface area contributed by atoms with Crippen LogP contribution in [0.15, 0.2) is 30.3 Å². The number of nitrogens with zero attached hydrogens (tertiary/aromatic N) is 2. The van der Waals surface area contributed by atoms with Crippen LogP contribution in [0.3, 0.4) is 0 Å². The van der Waals surface area contributed by atoms with Crippen molar-refractivity contribution in [2.45, 2.75) is 24.8 Å². The predicted octanol–water partition coefficient (Wildman–Crippen LogP) is 1.13. The average molecular weight is 336 g/mol. The van der Waals surface area contributed by atoms with Crippen molar-refractivity contribution in [3.05, 3.63) is 35.9 Å². The van der Waals surface area contributed by atoms with Crippen LogP contribution in [0.1, 0.15) is 24.3 Å². The first kappa shape index (κ1) is 15.1. The van der Waals surface area contributed by atoms with Crippen LogP contribution in [0, 0.1) is 11.8 Å². The SMILES string of the molecule is O=C(O)[C@@H]1[C@@H](c2ccccc2)CN1S(=O)(=O)N1C[C@H]2CC[C@H]2C1. The maximum absolute atomic E-state index is 12.8. The van der Waals surface area contributed by atoms with Gasteiger partial charge in [0.1, 0.15) is 6.04 Å². The van der Waals surface area contributed by atoms with Gasteiger partial charge in [-0.15, -0.1) is 0 Å². The number of aliphatic carboxylic acids is 1. The standard InChI is InChI=1S/C16H20N2O4S/c19-16(20)15-14(11-4-2-1-3-5-11)10-18(15)23(21,22)17-8-12-6-7-13(12)9-17/h1-5,12-15H,6-10H2,(H,19,20)/t12-,13+,14-,15+/m1/s1. The number of carboxylic acids is 1. The van der Waals surface area contributed by atoms with Crippen molar-refractivity contribution < 1.29 is 18.3 Å². The van der Waals surface area contributed by atoms with Crippen molar-refractivity contribution in [1.82, 2.24) is 8.61 Å². The van der Waals surface area contributed by atoms with Gasteiger partial charge in [-0.25, -0.2) is 0 Å². The molecular formula is C16H20N2O4S. The molecule has 2 aliphatic heterocycles. The highest BCUT2D eigenvalue weighted by molar-refractivity contribution is 7.86. The summed E-state index contributed by atoms with van der Waals surface area (Å²) in [5, 5.41) is 9.53. The lowest BCUT2D eigenvalue weighted by molar-refractivity contribution is -0.146. The maximum Gasteiger partial charge on any atom is 0.322 e. The molecule has 4 rings (SSSR count). The summed E-state index contributed by atoms with van der Waals surface area (Å²) in [4.78, 5) is 11.7. The second kappa shape index (κ2) is 5.29. The zero-order valence-electron chi connectivity index (χ0n) is 12.7. The number of carboxylic acid groups (broad SMARTS) is 1. The summed E-state index contributed by atoms with van der Waals surface area (Å²) in [6.07, 6.45) is 2.18. The lowest BCUT2D eigenvalue weighted by Gasteiger charge is -2.45. The topological polar surface area (TPSA) is 77.9 Å². The number of carbonyl (C=O) groups is 1. The van der Waals surface area contributed by atoms with Gasteiger partial charge in [0.25, 0.3) is 10.2 Å². The van der Waals surface area contributed by atoms with Crippen LogP contribution in [0.25, 0.3) is 0 Å². The highest BCUT2D eigenvalue weighted by Crippen LogP contribution is 2.44. The third kappa shape index (κ3) is 2.29. The Balaban J connectivity index is 1.56. The Hall–Kier alpha value is -1.44. The second-order valence-electron chi connectivity index (χ2n) is 6.79. The molecule has 3 fully saturated rings. The van der Waals surface area contributed by atoms with E-state index < -0.39 is 22.2 Å². The Morgan fingerprint density at radius 3 is 2.17 bits per heavy atom. The van der Waals surface area contributed by atoms with E-state index in [0.717, 1.165) is 22.7 Å². The van der Waals surface area contributed by atoms with E-state index in [4.69, 9.17) is 0 Å². The minimum absolute atomic E-state index is 0.245. The van der Waals surface area contributed by atoms with E-state index >= 15 is 0 Å². The largest absolute Gasteiger partial charge is 0.480 e. The Labute approximate surface area is 135 Å². The van der Waals surface area contributed by atoms with Crippen LogP contribution in [0.4, 0.5) is 0 Å². The van der Waals surface area contributed by atoms with Crippen molar-refractivity contribution in [2.75, 3.05) is 19.6 Å². The summed E-state index contributed by atoms with van der Waals surface area (Å²) >= 11 is 0. The first-order valence-electron chi connectivity index (χ1n) is 8.03. The molecule has 6 nitrogen and oxygen atoms in total. The van der Waals surface area contributed by atoms with Gasteiger partial charge in [0.2, 0.25) is 0 Å². The Morgan fingerprint density at radius 2 is 1.65 bits per heavy atom. The van der Waals surface area contributed by atoms with Gasteiger partial charge in [-0.2, -0.15) is 17.0 Å². The van der Waals surface area contributed by atoms with Gasteiger partial charge in [-0.3, -0.25) is 4.79 Å². The summed E-state index contributed by atoms with van der Waals surface area (Å²) in [5.74, 6) is -0.405. The van der Waals surface area contributed by atoms with E-state index in [0.29, 0.717) is 24.9 Å². The second-order valence-corrected chi connectivity index (χ2v) is 8.67. The summed E-state index contributed by atoms with van der Waals surface area (Å²) in [7, 11) is -3.68. The van der Waals surface area contributed by atoms with Crippen LogP contribution >= 0.6 is 0 Å². The molecule has 0 amide bonds. The normalized spacial score (nSPS) is 34.4. The van der Waals surface area contributed by atoms with Crippen LogP contribution < -0.4 is 0 Å². The Morgan fingerprint density at radius 1 is 1.04 bits per heavy atom. The van der Waals surface area contributed by atoms with E-state index in [1.54, 1.807) is 0 Å². The fourth-order valence-electron chi connectivity index (χ4n) is 4.04. The fraction of sp³-hybridized carbons (Fsp3) is 0.562. The smallest absolute Gasteiger partial charge is 0.322 e. The fourth-order valence-corrected chi connectivity index (χ4v) is 5.97. The first-order chi connectivity index (χ1) is 11.0. The predicted molar refractivity (Wildman–Crippen MR) is 84.0 cm³/mol. The lowest BCUT2D eigenvalue weighted by atomic mass is 9.77. The van der Waals surface area contributed by atoms with Gasteiger partial charge in [0.15, 0.2) is 0 Å². The van der Waals surface area contributed by atoms with Gasteiger partial charge in [-0.1, -0.05) is 30.3 Å².